The van der Waals surface area contributed by atoms with Crippen molar-refractivity contribution in [1.82, 2.24) is 4.98 Å². The Morgan fingerprint density at radius 2 is 1.72 bits per heavy atom. The molecule has 5 heteroatoms. The summed E-state index contributed by atoms with van der Waals surface area (Å²) in [5.41, 5.74) is 4.42. The van der Waals surface area contributed by atoms with Gasteiger partial charge in [-0.25, -0.2) is 4.98 Å². The van der Waals surface area contributed by atoms with Crippen molar-refractivity contribution in [2.75, 3.05) is 10.6 Å². The standard InChI is InChI=1S/C20H16N4O/c1-14-4-2-3-5-18(14)23-17-10-11-19(22-13-17)20(25)24-16-8-6-15(12-21)7-9-16/h2-11,13,23H,1H3,(H,24,25). The summed E-state index contributed by atoms with van der Waals surface area (Å²) in [6.07, 6.45) is 1.63. The van der Waals surface area contributed by atoms with Gasteiger partial charge in [0, 0.05) is 11.4 Å². The van der Waals surface area contributed by atoms with Crippen LogP contribution in [0.1, 0.15) is 21.6 Å². The Kier molecular flexibility index (Phi) is 4.72. The Morgan fingerprint density at radius 1 is 1.00 bits per heavy atom. The fourth-order valence-corrected chi connectivity index (χ4v) is 2.29. The molecule has 0 saturated carbocycles. The number of carbonyl (C=O) groups is 1. The van der Waals surface area contributed by atoms with Gasteiger partial charge in [0.15, 0.2) is 0 Å². The highest BCUT2D eigenvalue weighted by Gasteiger charge is 2.08. The average Bonchev–Trinajstić information content (AvgIpc) is 2.65. The van der Waals surface area contributed by atoms with Crippen molar-refractivity contribution in [2.24, 2.45) is 0 Å². The lowest BCUT2D eigenvalue weighted by atomic mass is 10.2. The number of benzene rings is 2. The van der Waals surface area contributed by atoms with Crippen LogP contribution in [0.4, 0.5) is 17.1 Å². The molecule has 2 aromatic carbocycles. The van der Waals surface area contributed by atoms with Crippen molar-refractivity contribution in [2.45, 2.75) is 6.92 Å². The van der Waals surface area contributed by atoms with Crippen molar-refractivity contribution in [3.63, 3.8) is 0 Å². The number of nitriles is 1. The molecule has 0 saturated heterocycles. The zero-order valence-electron chi connectivity index (χ0n) is 13.7. The molecule has 5 nitrogen and oxygen atoms in total. The molecule has 1 heterocycles. The van der Waals surface area contributed by atoms with Crippen LogP contribution in [0.3, 0.4) is 0 Å². The third-order valence-electron chi connectivity index (χ3n) is 3.69. The summed E-state index contributed by atoms with van der Waals surface area (Å²) in [5.74, 6) is -0.299. The van der Waals surface area contributed by atoms with Gasteiger partial charge in [-0.1, -0.05) is 18.2 Å². The van der Waals surface area contributed by atoms with Gasteiger partial charge in [0.1, 0.15) is 5.69 Å². The van der Waals surface area contributed by atoms with Gasteiger partial charge in [-0.3, -0.25) is 4.79 Å². The molecule has 1 aromatic heterocycles. The van der Waals surface area contributed by atoms with E-state index in [0.717, 1.165) is 16.9 Å². The zero-order chi connectivity index (χ0) is 17.6. The molecule has 0 bridgehead atoms. The maximum Gasteiger partial charge on any atom is 0.274 e. The van der Waals surface area contributed by atoms with E-state index in [1.807, 2.05) is 43.3 Å². The van der Waals surface area contributed by atoms with Crippen molar-refractivity contribution in [3.05, 3.63) is 83.7 Å². The number of aryl methyl sites for hydroxylation is 1. The largest absolute Gasteiger partial charge is 0.354 e. The predicted molar refractivity (Wildman–Crippen MR) is 97.8 cm³/mol. The first kappa shape index (κ1) is 16.2. The predicted octanol–water partition coefficient (Wildman–Crippen LogP) is 4.26. The second-order valence-electron chi connectivity index (χ2n) is 5.52. The minimum atomic E-state index is -0.299. The van der Waals surface area contributed by atoms with Gasteiger partial charge in [0.05, 0.1) is 23.5 Å². The Hall–Kier alpha value is -3.65. The number of carbonyl (C=O) groups excluding carboxylic acids is 1. The lowest BCUT2D eigenvalue weighted by Gasteiger charge is -2.09. The molecule has 3 rings (SSSR count). The molecule has 0 radical (unpaired) electrons. The van der Waals surface area contributed by atoms with Gasteiger partial charge < -0.3 is 10.6 Å². The van der Waals surface area contributed by atoms with Crippen LogP contribution in [-0.4, -0.2) is 10.9 Å². The number of para-hydroxylation sites is 1. The van der Waals surface area contributed by atoms with Crippen LogP contribution in [0, 0.1) is 18.3 Å². The van der Waals surface area contributed by atoms with Crippen molar-refractivity contribution >= 4 is 23.0 Å². The first-order valence-corrected chi connectivity index (χ1v) is 7.76. The molecule has 0 aliphatic carbocycles. The van der Waals surface area contributed by atoms with Crippen molar-refractivity contribution < 1.29 is 4.79 Å². The molecule has 1 amide bonds. The number of hydrogen-bond acceptors (Lipinski definition) is 4. The minimum absolute atomic E-state index is 0.299. The third kappa shape index (κ3) is 4.01. The smallest absolute Gasteiger partial charge is 0.274 e. The second kappa shape index (κ2) is 7.28. The quantitative estimate of drug-likeness (QED) is 0.750. The highest BCUT2D eigenvalue weighted by atomic mass is 16.1. The van der Waals surface area contributed by atoms with E-state index in [-0.39, 0.29) is 5.91 Å². The summed E-state index contributed by atoms with van der Waals surface area (Å²) in [7, 11) is 0. The van der Waals surface area contributed by atoms with Crippen LogP contribution < -0.4 is 10.6 Å². The first-order valence-electron chi connectivity index (χ1n) is 7.76. The van der Waals surface area contributed by atoms with Crippen LogP contribution in [0.5, 0.6) is 0 Å². The molecule has 0 unspecified atom stereocenters. The summed E-state index contributed by atoms with van der Waals surface area (Å²) in [6.45, 7) is 2.02. The van der Waals surface area contributed by atoms with Gasteiger partial charge in [0.25, 0.3) is 5.91 Å². The van der Waals surface area contributed by atoms with Gasteiger partial charge in [0.2, 0.25) is 0 Å². The Morgan fingerprint density at radius 3 is 2.36 bits per heavy atom. The monoisotopic (exact) mass is 328 g/mol. The van der Waals surface area contributed by atoms with E-state index in [2.05, 4.69) is 15.6 Å². The van der Waals surface area contributed by atoms with Crippen LogP contribution >= 0.6 is 0 Å². The number of amides is 1. The summed E-state index contributed by atoms with van der Waals surface area (Å²) < 4.78 is 0. The molecular formula is C20H16N4O. The van der Waals surface area contributed by atoms with Gasteiger partial charge in [-0.2, -0.15) is 5.26 Å². The number of nitrogens with zero attached hydrogens (tertiary/aromatic N) is 2. The summed E-state index contributed by atoms with van der Waals surface area (Å²) in [5, 5.41) is 14.8. The molecule has 2 N–H and O–H groups in total. The maximum atomic E-state index is 12.2. The average molecular weight is 328 g/mol. The maximum absolute atomic E-state index is 12.2. The number of aromatic nitrogens is 1. The molecular weight excluding hydrogens is 312 g/mol. The summed E-state index contributed by atoms with van der Waals surface area (Å²) >= 11 is 0. The Balaban J connectivity index is 1.68. The van der Waals surface area contributed by atoms with Crippen molar-refractivity contribution in [1.29, 1.82) is 5.26 Å². The fraction of sp³-hybridized carbons (Fsp3) is 0.0500. The van der Waals surface area contributed by atoms with Crippen LogP contribution in [0.2, 0.25) is 0 Å². The molecule has 0 aliphatic rings. The fourth-order valence-electron chi connectivity index (χ4n) is 2.29. The van der Waals surface area contributed by atoms with Crippen LogP contribution in [-0.2, 0) is 0 Å². The number of pyridine rings is 1. The molecule has 0 atom stereocenters. The van der Waals surface area contributed by atoms with E-state index in [1.165, 1.54) is 0 Å². The van der Waals surface area contributed by atoms with E-state index in [9.17, 15) is 4.79 Å². The number of nitrogens with one attached hydrogen (secondary N) is 2. The molecule has 25 heavy (non-hydrogen) atoms. The summed E-state index contributed by atoms with van der Waals surface area (Å²) in [4.78, 5) is 16.4. The lowest BCUT2D eigenvalue weighted by Crippen LogP contribution is -2.13. The van der Waals surface area contributed by atoms with Crippen LogP contribution in [0.15, 0.2) is 66.9 Å². The molecule has 0 fully saturated rings. The Bertz CT molecular complexity index is 925. The van der Waals surface area contributed by atoms with E-state index >= 15 is 0 Å². The number of anilines is 3. The molecule has 0 spiro atoms. The second-order valence-corrected chi connectivity index (χ2v) is 5.52. The van der Waals surface area contributed by atoms with Gasteiger partial charge in [-0.15, -0.1) is 0 Å². The highest BCUT2D eigenvalue weighted by Crippen LogP contribution is 2.19. The topological polar surface area (TPSA) is 77.8 Å². The summed E-state index contributed by atoms with van der Waals surface area (Å²) in [6, 6.07) is 20.1. The normalized spacial score (nSPS) is 9.92. The highest BCUT2D eigenvalue weighted by molar-refractivity contribution is 6.03. The third-order valence-corrected chi connectivity index (χ3v) is 3.69. The number of rotatable bonds is 4. The van der Waals surface area contributed by atoms with Gasteiger partial charge in [-0.05, 0) is 55.0 Å². The minimum Gasteiger partial charge on any atom is -0.354 e. The lowest BCUT2D eigenvalue weighted by molar-refractivity contribution is 0.102. The van der Waals surface area contributed by atoms with E-state index in [4.69, 9.17) is 5.26 Å². The van der Waals surface area contributed by atoms with E-state index < -0.39 is 0 Å². The SMILES string of the molecule is Cc1ccccc1Nc1ccc(C(=O)Nc2ccc(C#N)cc2)nc1. The molecule has 3 aromatic rings. The zero-order valence-corrected chi connectivity index (χ0v) is 13.7. The van der Waals surface area contributed by atoms with E-state index in [0.29, 0.717) is 16.9 Å². The first-order chi connectivity index (χ1) is 12.2. The van der Waals surface area contributed by atoms with Gasteiger partial charge >= 0.3 is 0 Å². The molecule has 122 valence electrons. The van der Waals surface area contributed by atoms with E-state index in [1.54, 1.807) is 36.5 Å². The van der Waals surface area contributed by atoms with Crippen LogP contribution in [0.25, 0.3) is 0 Å². The molecule has 0 aliphatic heterocycles. The Labute approximate surface area is 146 Å². The van der Waals surface area contributed by atoms with Crippen molar-refractivity contribution in [3.8, 4) is 6.07 Å². The number of hydrogen-bond donors (Lipinski definition) is 2.